The lowest BCUT2D eigenvalue weighted by atomic mass is 9.99. The molecule has 0 bridgehead atoms. The summed E-state index contributed by atoms with van der Waals surface area (Å²) in [4.78, 5) is 5.11. The maximum absolute atomic E-state index is 6.35. The molecule has 3 nitrogen and oxygen atoms in total. The molecule has 2 fully saturated rings. The maximum Gasteiger partial charge on any atom is 0.0209 e. The number of hydrogen-bond donors (Lipinski definition) is 1. The molecule has 2 atom stereocenters. The van der Waals surface area contributed by atoms with Crippen molar-refractivity contribution >= 4 is 0 Å². The first-order valence-corrected chi connectivity index (χ1v) is 6.89. The normalized spacial score (nSPS) is 30.4. The van der Waals surface area contributed by atoms with Crippen LogP contribution in [0.5, 0.6) is 0 Å². The predicted octanol–water partition coefficient (Wildman–Crippen LogP) is 1.14. The van der Waals surface area contributed by atoms with E-state index in [-0.39, 0.29) is 0 Å². The van der Waals surface area contributed by atoms with Gasteiger partial charge in [0, 0.05) is 25.2 Å². The molecule has 2 heterocycles. The average Bonchev–Trinajstić information content (AvgIpc) is 2.86. The van der Waals surface area contributed by atoms with Crippen molar-refractivity contribution in [1.82, 2.24) is 9.80 Å². The lowest BCUT2D eigenvalue weighted by Gasteiger charge is -2.26. The van der Waals surface area contributed by atoms with E-state index in [0.29, 0.717) is 12.1 Å². The molecule has 0 spiro atoms. The number of nitrogens with zero attached hydrogens (tertiary/aromatic N) is 2. The smallest absolute Gasteiger partial charge is 0.0209 e. The van der Waals surface area contributed by atoms with Gasteiger partial charge in [-0.05, 0) is 58.7 Å². The first-order chi connectivity index (χ1) is 7.66. The van der Waals surface area contributed by atoms with Gasteiger partial charge in [0.25, 0.3) is 0 Å². The number of nitrogens with two attached hydrogens (primary N) is 1. The summed E-state index contributed by atoms with van der Waals surface area (Å²) in [6, 6.07) is 1.07. The third kappa shape index (κ3) is 2.96. The van der Waals surface area contributed by atoms with Crippen LogP contribution in [0.25, 0.3) is 0 Å². The summed E-state index contributed by atoms with van der Waals surface area (Å²) >= 11 is 0. The monoisotopic (exact) mass is 225 g/mol. The van der Waals surface area contributed by atoms with Gasteiger partial charge in [0.1, 0.15) is 0 Å². The van der Waals surface area contributed by atoms with Crippen molar-refractivity contribution in [3.8, 4) is 0 Å². The van der Waals surface area contributed by atoms with E-state index in [2.05, 4.69) is 23.6 Å². The Morgan fingerprint density at radius 1 is 1.19 bits per heavy atom. The zero-order valence-corrected chi connectivity index (χ0v) is 10.9. The molecule has 0 radical (unpaired) electrons. The molecule has 3 heteroatoms. The van der Waals surface area contributed by atoms with Gasteiger partial charge in [-0.2, -0.15) is 0 Å². The standard InChI is InChI=1S/C13H27N3/c1-11(2)16-8-5-12(9-16)13(14)10-15-6-3-4-7-15/h11-13H,3-10,14H2,1-2H3. The topological polar surface area (TPSA) is 32.5 Å². The molecule has 2 rings (SSSR count). The summed E-state index contributed by atoms with van der Waals surface area (Å²) in [6.45, 7) is 10.7. The van der Waals surface area contributed by atoms with Gasteiger partial charge in [-0.3, -0.25) is 0 Å². The highest BCUT2D eigenvalue weighted by atomic mass is 15.2. The quantitative estimate of drug-likeness (QED) is 0.779. The van der Waals surface area contributed by atoms with Crippen LogP contribution in [0.3, 0.4) is 0 Å². The minimum atomic E-state index is 0.391. The van der Waals surface area contributed by atoms with E-state index in [1.54, 1.807) is 0 Å². The van der Waals surface area contributed by atoms with Crippen molar-refractivity contribution in [2.24, 2.45) is 11.7 Å². The second-order valence-electron chi connectivity index (χ2n) is 5.81. The lowest BCUT2D eigenvalue weighted by molar-refractivity contribution is 0.238. The summed E-state index contributed by atoms with van der Waals surface area (Å²) < 4.78 is 0. The Balaban J connectivity index is 1.75. The molecule has 0 aromatic rings. The highest BCUT2D eigenvalue weighted by Gasteiger charge is 2.29. The van der Waals surface area contributed by atoms with Crippen LogP contribution < -0.4 is 5.73 Å². The first-order valence-electron chi connectivity index (χ1n) is 6.89. The van der Waals surface area contributed by atoms with Gasteiger partial charge in [0.2, 0.25) is 0 Å². The Kier molecular flexibility index (Phi) is 4.22. The second-order valence-corrected chi connectivity index (χ2v) is 5.81. The molecule has 0 amide bonds. The fraction of sp³-hybridized carbons (Fsp3) is 1.00. The first kappa shape index (κ1) is 12.3. The van der Waals surface area contributed by atoms with Crippen molar-refractivity contribution in [1.29, 1.82) is 0 Å². The van der Waals surface area contributed by atoms with Gasteiger partial charge in [-0.25, -0.2) is 0 Å². The van der Waals surface area contributed by atoms with E-state index in [1.165, 1.54) is 45.4 Å². The Hall–Kier alpha value is -0.120. The predicted molar refractivity (Wildman–Crippen MR) is 68.5 cm³/mol. The SMILES string of the molecule is CC(C)N1CCC(C(N)CN2CCCC2)C1. The van der Waals surface area contributed by atoms with Gasteiger partial charge < -0.3 is 15.5 Å². The molecule has 0 saturated carbocycles. The summed E-state index contributed by atoms with van der Waals surface area (Å²) in [6.07, 6.45) is 4.04. The van der Waals surface area contributed by atoms with Crippen LogP contribution in [-0.4, -0.2) is 54.6 Å². The molecule has 2 unspecified atom stereocenters. The second kappa shape index (κ2) is 5.48. The van der Waals surface area contributed by atoms with Crippen LogP contribution in [0.4, 0.5) is 0 Å². The van der Waals surface area contributed by atoms with Crippen molar-refractivity contribution in [2.75, 3.05) is 32.7 Å². The van der Waals surface area contributed by atoms with Crippen molar-refractivity contribution < 1.29 is 0 Å². The lowest BCUT2D eigenvalue weighted by Crippen LogP contribution is -2.42. The largest absolute Gasteiger partial charge is 0.326 e. The summed E-state index contributed by atoms with van der Waals surface area (Å²) in [5.41, 5.74) is 6.35. The Labute approximate surface area is 100.0 Å². The molecular weight excluding hydrogens is 198 g/mol. The van der Waals surface area contributed by atoms with Crippen LogP contribution in [0.15, 0.2) is 0 Å². The van der Waals surface area contributed by atoms with Crippen molar-refractivity contribution in [3.05, 3.63) is 0 Å². The van der Waals surface area contributed by atoms with E-state index in [4.69, 9.17) is 5.73 Å². The van der Waals surface area contributed by atoms with Crippen LogP contribution in [0.1, 0.15) is 33.1 Å². The molecule has 0 aromatic heterocycles. The molecular formula is C13H27N3. The number of rotatable bonds is 4. The van der Waals surface area contributed by atoms with Crippen molar-refractivity contribution in [2.45, 2.75) is 45.2 Å². The number of hydrogen-bond acceptors (Lipinski definition) is 3. The average molecular weight is 225 g/mol. The third-order valence-corrected chi connectivity index (χ3v) is 4.26. The Bertz CT molecular complexity index is 211. The molecule has 2 N–H and O–H groups in total. The van der Waals surface area contributed by atoms with Gasteiger partial charge in [0.15, 0.2) is 0 Å². The summed E-state index contributed by atoms with van der Waals surface area (Å²) in [5, 5.41) is 0. The molecule has 2 saturated heterocycles. The summed E-state index contributed by atoms with van der Waals surface area (Å²) in [5.74, 6) is 0.725. The van der Waals surface area contributed by atoms with Crippen molar-refractivity contribution in [3.63, 3.8) is 0 Å². The zero-order chi connectivity index (χ0) is 11.5. The maximum atomic E-state index is 6.35. The van der Waals surface area contributed by atoms with E-state index >= 15 is 0 Å². The fourth-order valence-electron chi connectivity index (χ4n) is 3.05. The van der Waals surface area contributed by atoms with E-state index in [1.807, 2.05) is 0 Å². The van der Waals surface area contributed by atoms with Crippen LogP contribution in [-0.2, 0) is 0 Å². The Morgan fingerprint density at radius 2 is 1.88 bits per heavy atom. The number of likely N-dealkylation sites (tertiary alicyclic amines) is 2. The molecule has 94 valence electrons. The minimum absolute atomic E-state index is 0.391. The summed E-state index contributed by atoms with van der Waals surface area (Å²) in [7, 11) is 0. The van der Waals surface area contributed by atoms with Crippen LogP contribution in [0, 0.1) is 5.92 Å². The van der Waals surface area contributed by atoms with Gasteiger partial charge >= 0.3 is 0 Å². The third-order valence-electron chi connectivity index (χ3n) is 4.26. The fourth-order valence-corrected chi connectivity index (χ4v) is 3.05. The van der Waals surface area contributed by atoms with Crippen LogP contribution in [0.2, 0.25) is 0 Å². The zero-order valence-electron chi connectivity index (χ0n) is 10.9. The van der Waals surface area contributed by atoms with E-state index < -0.39 is 0 Å². The van der Waals surface area contributed by atoms with Gasteiger partial charge in [-0.1, -0.05) is 0 Å². The molecule has 16 heavy (non-hydrogen) atoms. The van der Waals surface area contributed by atoms with E-state index in [0.717, 1.165) is 12.5 Å². The highest BCUT2D eigenvalue weighted by molar-refractivity contribution is 4.86. The Morgan fingerprint density at radius 3 is 2.44 bits per heavy atom. The minimum Gasteiger partial charge on any atom is -0.326 e. The highest BCUT2D eigenvalue weighted by Crippen LogP contribution is 2.22. The molecule has 2 aliphatic heterocycles. The van der Waals surface area contributed by atoms with Gasteiger partial charge in [-0.15, -0.1) is 0 Å². The molecule has 0 aliphatic carbocycles. The molecule has 2 aliphatic rings. The molecule has 0 aromatic carbocycles. The van der Waals surface area contributed by atoms with E-state index in [9.17, 15) is 0 Å². The van der Waals surface area contributed by atoms with Crippen LogP contribution >= 0.6 is 0 Å². The van der Waals surface area contributed by atoms with Gasteiger partial charge in [0.05, 0.1) is 0 Å².